The van der Waals surface area contributed by atoms with Gasteiger partial charge in [0, 0.05) is 13.6 Å². The molecule has 1 amide bonds. The summed E-state index contributed by atoms with van der Waals surface area (Å²) in [6, 6.07) is 10.4. The zero-order valence-electron chi connectivity index (χ0n) is 15.8. The summed E-state index contributed by atoms with van der Waals surface area (Å²) in [4.78, 5) is 25.8. The van der Waals surface area contributed by atoms with Gasteiger partial charge >= 0.3 is 5.97 Å². The third-order valence-corrected chi connectivity index (χ3v) is 3.84. The van der Waals surface area contributed by atoms with Crippen LogP contribution in [-0.2, 0) is 16.1 Å². The quantitative estimate of drug-likeness (QED) is 0.488. The van der Waals surface area contributed by atoms with Crippen molar-refractivity contribution in [2.24, 2.45) is 0 Å². The zero-order chi connectivity index (χ0) is 20.5. The Balaban J connectivity index is 1.92. The molecular weight excluding hydrogens is 365 g/mol. The molecule has 0 N–H and O–H groups in total. The molecule has 0 aliphatic heterocycles. The number of nitrogens with zero attached hydrogens (tertiary/aromatic N) is 1. The number of carbonyl (C=O) groups is 2. The Labute approximate surface area is 163 Å². The largest absolute Gasteiger partial charge is 0.493 e. The van der Waals surface area contributed by atoms with Crippen molar-refractivity contribution in [2.75, 3.05) is 27.4 Å². The maximum atomic E-state index is 12.9. The minimum atomic E-state index is -0.655. The number of methoxy groups -OCH3 is 1. The Morgan fingerprint density at radius 1 is 1.14 bits per heavy atom. The smallest absolute Gasteiger partial charge is 0.338 e. The van der Waals surface area contributed by atoms with Crippen molar-refractivity contribution in [3.8, 4) is 11.5 Å². The van der Waals surface area contributed by atoms with Crippen molar-refractivity contribution < 1.29 is 28.2 Å². The number of likely N-dealkylation sites (N-methyl/N-ethyl adjacent to an activating group) is 1. The molecule has 0 radical (unpaired) electrons. The van der Waals surface area contributed by atoms with E-state index in [1.807, 2.05) is 0 Å². The molecule has 148 valence electrons. The van der Waals surface area contributed by atoms with Crippen LogP contribution in [-0.4, -0.2) is 44.1 Å². The first-order valence-electron chi connectivity index (χ1n) is 8.52. The van der Waals surface area contributed by atoms with Gasteiger partial charge < -0.3 is 19.1 Å². The Morgan fingerprint density at radius 2 is 1.86 bits per heavy atom. The Kier molecular flexibility index (Phi) is 7.56. The average Bonchev–Trinajstić information content (AvgIpc) is 2.71. The number of carbonyl (C=O) groups excluding carboxylic acids is 2. The lowest BCUT2D eigenvalue weighted by Crippen LogP contribution is -2.30. The van der Waals surface area contributed by atoms with Gasteiger partial charge in [-0.25, -0.2) is 9.18 Å². The van der Waals surface area contributed by atoms with E-state index in [9.17, 15) is 14.0 Å². The van der Waals surface area contributed by atoms with Crippen LogP contribution in [0.25, 0.3) is 0 Å². The molecule has 0 aliphatic rings. The molecule has 6 nitrogen and oxygen atoms in total. The van der Waals surface area contributed by atoms with Gasteiger partial charge in [-0.1, -0.05) is 24.8 Å². The number of rotatable bonds is 9. The molecule has 0 saturated carbocycles. The summed E-state index contributed by atoms with van der Waals surface area (Å²) in [5, 5.41) is 0. The molecule has 2 rings (SSSR count). The van der Waals surface area contributed by atoms with Gasteiger partial charge in [-0.15, -0.1) is 0 Å². The normalized spacial score (nSPS) is 10.1. The fourth-order valence-electron chi connectivity index (χ4n) is 2.34. The molecule has 0 unspecified atom stereocenters. The van der Waals surface area contributed by atoms with Gasteiger partial charge in [0.2, 0.25) is 0 Å². The number of benzene rings is 2. The Bertz CT molecular complexity index is 835. The predicted molar refractivity (Wildman–Crippen MR) is 102 cm³/mol. The van der Waals surface area contributed by atoms with Crippen LogP contribution in [0.15, 0.2) is 55.1 Å². The zero-order valence-corrected chi connectivity index (χ0v) is 15.8. The fraction of sp³-hybridized carbons (Fsp3) is 0.238. The molecule has 0 bridgehead atoms. The lowest BCUT2D eigenvalue weighted by molar-refractivity contribution is -0.133. The maximum absolute atomic E-state index is 12.9. The van der Waals surface area contributed by atoms with Crippen molar-refractivity contribution in [2.45, 2.75) is 6.54 Å². The number of amides is 1. The molecule has 2 aromatic rings. The first-order valence-corrected chi connectivity index (χ1v) is 8.52. The third-order valence-electron chi connectivity index (χ3n) is 3.84. The van der Waals surface area contributed by atoms with Gasteiger partial charge in [-0.2, -0.15) is 0 Å². The van der Waals surface area contributed by atoms with Crippen LogP contribution in [0.4, 0.5) is 4.39 Å². The molecule has 0 aromatic heterocycles. The molecule has 2 aromatic carbocycles. The highest BCUT2D eigenvalue weighted by molar-refractivity contribution is 5.92. The van der Waals surface area contributed by atoms with Gasteiger partial charge in [0.1, 0.15) is 12.4 Å². The number of ether oxygens (including phenoxy) is 3. The summed E-state index contributed by atoms with van der Waals surface area (Å²) in [5.74, 6) is -0.541. The molecule has 28 heavy (non-hydrogen) atoms. The van der Waals surface area contributed by atoms with Gasteiger partial charge in [0.05, 0.1) is 12.7 Å². The number of hydrogen-bond acceptors (Lipinski definition) is 5. The molecular formula is C21H22FNO5. The SMILES string of the molecule is C=CCOc1ccc(C(=O)OCC(=O)N(C)Cc2ccc(F)cc2)cc1OC. The number of esters is 1. The third kappa shape index (κ3) is 5.84. The van der Waals surface area contributed by atoms with Gasteiger partial charge in [0.25, 0.3) is 5.91 Å². The minimum absolute atomic E-state index is 0.233. The first-order chi connectivity index (χ1) is 13.4. The van der Waals surface area contributed by atoms with Crippen molar-refractivity contribution in [1.82, 2.24) is 4.90 Å². The molecule has 0 atom stereocenters. The maximum Gasteiger partial charge on any atom is 0.338 e. The van der Waals surface area contributed by atoms with Crippen LogP contribution >= 0.6 is 0 Å². The van der Waals surface area contributed by atoms with Crippen molar-refractivity contribution in [3.05, 3.63) is 72.1 Å². The van der Waals surface area contributed by atoms with E-state index in [1.165, 1.54) is 36.3 Å². The van der Waals surface area contributed by atoms with E-state index in [0.29, 0.717) is 18.1 Å². The lowest BCUT2D eigenvalue weighted by Gasteiger charge is -2.17. The van der Waals surface area contributed by atoms with Crippen LogP contribution in [0, 0.1) is 5.82 Å². The molecule has 0 saturated heterocycles. The summed E-state index contributed by atoms with van der Waals surface area (Å²) in [6.07, 6.45) is 1.59. The van der Waals surface area contributed by atoms with Crippen LogP contribution in [0.2, 0.25) is 0 Å². The van der Waals surface area contributed by atoms with E-state index in [-0.39, 0.29) is 23.8 Å². The summed E-state index contributed by atoms with van der Waals surface area (Å²) in [5.41, 5.74) is 1.00. The lowest BCUT2D eigenvalue weighted by atomic mass is 10.2. The average molecular weight is 387 g/mol. The Morgan fingerprint density at radius 3 is 2.50 bits per heavy atom. The van der Waals surface area contributed by atoms with E-state index in [0.717, 1.165) is 5.56 Å². The minimum Gasteiger partial charge on any atom is -0.493 e. The summed E-state index contributed by atoms with van der Waals surface area (Å²) in [6.45, 7) is 3.74. The highest BCUT2D eigenvalue weighted by Gasteiger charge is 2.16. The molecule has 0 aliphatic carbocycles. The van der Waals surface area contributed by atoms with Gasteiger partial charge in [-0.05, 0) is 35.9 Å². The highest BCUT2D eigenvalue weighted by Crippen LogP contribution is 2.28. The first kappa shape index (κ1) is 21.0. The summed E-state index contributed by atoms with van der Waals surface area (Å²) >= 11 is 0. The highest BCUT2D eigenvalue weighted by atomic mass is 19.1. The van der Waals surface area contributed by atoms with E-state index < -0.39 is 12.6 Å². The van der Waals surface area contributed by atoms with Gasteiger partial charge in [0.15, 0.2) is 18.1 Å². The van der Waals surface area contributed by atoms with E-state index in [4.69, 9.17) is 14.2 Å². The van der Waals surface area contributed by atoms with E-state index in [1.54, 1.807) is 31.3 Å². The van der Waals surface area contributed by atoms with Crippen LogP contribution in [0.5, 0.6) is 11.5 Å². The Hall–Kier alpha value is -3.35. The molecule has 0 heterocycles. The fourth-order valence-corrected chi connectivity index (χ4v) is 2.34. The summed E-state index contributed by atoms with van der Waals surface area (Å²) in [7, 11) is 3.04. The van der Waals surface area contributed by atoms with Gasteiger partial charge in [-0.3, -0.25) is 4.79 Å². The van der Waals surface area contributed by atoms with Crippen molar-refractivity contribution in [1.29, 1.82) is 0 Å². The molecule has 7 heteroatoms. The standard InChI is InChI=1S/C21H22FNO5/c1-4-11-27-18-10-7-16(12-19(18)26-3)21(25)28-14-20(24)23(2)13-15-5-8-17(22)9-6-15/h4-10,12H,1,11,13-14H2,2-3H3. The van der Waals surface area contributed by atoms with Crippen LogP contribution < -0.4 is 9.47 Å². The second-order valence-corrected chi connectivity index (χ2v) is 5.92. The predicted octanol–water partition coefficient (Wildman–Crippen LogP) is 3.21. The van der Waals surface area contributed by atoms with Crippen molar-refractivity contribution in [3.63, 3.8) is 0 Å². The van der Waals surface area contributed by atoms with Crippen LogP contribution in [0.3, 0.4) is 0 Å². The van der Waals surface area contributed by atoms with E-state index >= 15 is 0 Å². The molecule has 0 fully saturated rings. The topological polar surface area (TPSA) is 65.1 Å². The number of hydrogen-bond donors (Lipinski definition) is 0. The van der Waals surface area contributed by atoms with Crippen molar-refractivity contribution >= 4 is 11.9 Å². The van der Waals surface area contributed by atoms with Crippen LogP contribution in [0.1, 0.15) is 15.9 Å². The second kappa shape index (κ2) is 10.1. The number of halogens is 1. The summed E-state index contributed by atoms with van der Waals surface area (Å²) < 4.78 is 28.6. The monoisotopic (exact) mass is 387 g/mol. The molecule has 0 spiro atoms. The second-order valence-electron chi connectivity index (χ2n) is 5.92. The van der Waals surface area contributed by atoms with E-state index in [2.05, 4.69) is 6.58 Å².